The fourth-order valence-electron chi connectivity index (χ4n) is 6.23. The normalized spacial score (nSPS) is 21.1. The van der Waals surface area contributed by atoms with E-state index in [4.69, 9.17) is 18.6 Å². The summed E-state index contributed by atoms with van der Waals surface area (Å²) in [6.07, 6.45) is 3.95. The van der Waals surface area contributed by atoms with Crippen molar-refractivity contribution in [2.24, 2.45) is 11.8 Å². The second-order valence-corrected chi connectivity index (χ2v) is 12.5. The predicted octanol–water partition coefficient (Wildman–Crippen LogP) is 4.20. The number of hydrogen-bond donors (Lipinski definition) is 1. The summed E-state index contributed by atoms with van der Waals surface area (Å²) in [7, 11) is 1.58. The Hall–Kier alpha value is -3.74. The highest BCUT2D eigenvalue weighted by molar-refractivity contribution is 7.22. The molecule has 12 heteroatoms. The Bertz CT molecular complexity index is 1740. The molecule has 11 nitrogen and oxygen atoms in total. The van der Waals surface area contributed by atoms with Crippen molar-refractivity contribution in [3.63, 3.8) is 0 Å². The number of carbonyl (C=O) groups is 1. The molecule has 4 atom stereocenters. The van der Waals surface area contributed by atoms with E-state index in [1.165, 1.54) is 42.2 Å². The molecule has 4 heterocycles. The lowest BCUT2D eigenvalue weighted by atomic mass is 10.0. The Morgan fingerprint density at radius 1 is 1.21 bits per heavy atom. The molecule has 222 valence electrons. The first kappa shape index (κ1) is 28.4. The van der Waals surface area contributed by atoms with Gasteiger partial charge in [0.2, 0.25) is 5.89 Å². The van der Waals surface area contributed by atoms with Crippen LogP contribution in [0.15, 0.2) is 50.7 Å². The zero-order chi connectivity index (χ0) is 29.8. The molecule has 42 heavy (non-hydrogen) atoms. The van der Waals surface area contributed by atoms with E-state index in [0.717, 1.165) is 36.2 Å². The van der Waals surface area contributed by atoms with Gasteiger partial charge in [-0.05, 0) is 57.1 Å². The van der Waals surface area contributed by atoms with Gasteiger partial charge in [0.05, 0.1) is 36.2 Å². The minimum Gasteiger partial charge on any atom is -0.496 e. The van der Waals surface area contributed by atoms with Gasteiger partial charge >= 0.3 is 11.7 Å². The minimum absolute atomic E-state index is 0.0268. The number of methoxy groups -OCH3 is 1. The van der Waals surface area contributed by atoms with Gasteiger partial charge in [0.1, 0.15) is 28.5 Å². The Balaban J connectivity index is 1.54. The van der Waals surface area contributed by atoms with Crippen molar-refractivity contribution in [3.05, 3.63) is 68.7 Å². The summed E-state index contributed by atoms with van der Waals surface area (Å²) in [6.45, 7) is 5.91. The number of nitrogens with zero attached hydrogens (tertiary/aromatic N) is 3. The van der Waals surface area contributed by atoms with Crippen molar-refractivity contribution in [2.45, 2.75) is 57.9 Å². The molecular weight excluding hydrogens is 562 g/mol. The highest BCUT2D eigenvalue weighted by Gasteiger charge is 2.41. The van der Waals surface area contributed by atoms with Crippen LogP contribution in [0, 0.1) is 18.8 Å². The maximum atomic E-state index is 14.2. The molecular formula is C30H33N3O8S. The zero-order valence-corrected chi connectivity index (χ0v) is 24.7. The summed E-state index contributed by atoms with van der Waals surface area (Å²) in [6, 6.07) is 7.49. The molecule has 1 N–H and O–H groups in total. The average Bonchev–Trinajstić information content (AvgIpc) is 3.75. The summed E-state index contributed by atoms with van der Waals surface area (Å²) in [5.74, 6) is 0.489. The van der Waals surface area contributed by atoms with E-state index in [1.54, 1.807) is 14.0 Å². The highest BCUT2D eigenvalue weighted by Crippen LogP contribution is 2.42. The molecule has 1 aliphatic heterocycles. The molecule has 4 aromatic rings. The van der Waals surface area contributed by atoms with Crippen molar-refractivity contribution < 1.29 is 28.5 Å². The first-order valence-electron chi connectivity index (χ1n) is 13.9. The van der Waals surface area contributed by atoms with Crippen LogP contribution in [0.4, 0.5) is 0 Å². The lowest BCUT2D eigenvalue weighted by Gasteiger charge is -2.27. The zero-order valence-electron chi connectivity index (χ0n) is 23.9. The Kier molecular flexibility index (Phi) is 7.32. The molecule has 1 saturated heterocycles. The summed E-state index contributed by atoms with van der Waals surface area (Å²) >= 11 is 1.21. The van der Waals surface area contributed by atoms with E-state index < -0.39 is 28.9 Å². The molecule has 0 bridgehead atoms. The molecule has 0 radical (unpaired) electrons. The van der Waals surface area contributed by atoms with E-state index in [2.05, 4.69) is 4.98 Å². The van der Waals surface area contributed by atoms with Gasteiger partial charge in [-0.3, -0.25) is 9.36 Å². The number of para-hydroxylation sites is 1. The molecule has 6 rings (SSSR count). The monoisotopic (exact) mass is 595 g/mol. The van der Waals surface area contributed by atoms with Crippen LogP contribution in [-0.2, 0) is 26.4 Å². The van der Waals surface area contributed by atoms with E-state index in [1.807, 2.05) is 24.3 Å². The molecule has 0 amide bonds. The maximum Gasteiger partial charge on any atom is 0.333 e. The minimum atomic E-state index is -1.81. The van der Waals surface area contributed by atoms with Crippen molar-refractivity contribution in [1.82, 2.24) is 14.1 Å². The fraction of sp³-hybridized carbons (Fsp3) is 0.467. The summed E-state index contributed by atoms with van der Waals surface area (Å²) in [5, 5.41) is 10.3. The van der Waals surface area contributed by atoms with Gasteiger partial charge < -0.3 is 23.7 Å². The van der Waals surface area contributed by atoms with Crippen LogP contribution >= 0.6 is 11.3 Å². The van der Waals surface area contributed by atoms with E-state index >= 15 is 0 Å². The van der Waals surface area contributed by atoms with Crippen LogP contribution in [0.25, 0.3) is 21.0 Å². The smallest absolute Gasteiger partial charge is 0.333 e. The SMILES string of the molecule is COc1ccccc1C(Cn1c(=O)n(C(C)(C)C(=O)O)c(=O)c2c(C)c(-c3ncco3)sc21)OC1C[C@H]2COC[C@H]2C1. The number of carboxylic acid groups (broad SMARTS) is 1. The first-order chi connectivity index (χ1) is 20.1. The summed E-state index contributed by atoms with van der Waals surface area (Å²) < 4.78 is 25.9. The van der Waals surface area contributed by atoms with Gasteiger partial charge in [-0.25, -0.2) is 19.1 Å². The average molecular weight is 596 g/mol. The van der Waals surface area contributed by atoms with Gasteiger partial charge in [0, 0.05) is 18.8 Å². The number of fused-ring (bicyclic) bond motifs is 2. The largest absolute Gasteiger partial charge is 0.496 e. The third-order valence-corrected chi connectivity index (χ3v) is 9.88. The number of aryl methyl sites for hydroxylation is 1. The number of ether oxygens (including phenoxy) is 3. The number of aliphatic carboxylic acids is 1. The number of hydrogen-bond acceptors (Lipinski definition) is 9. The molecule has 1 saturated carbocycles. The lowest BCUT2D eigenvalue weighted by molar-refractivity contribution is -0.146. The number of oxazole rings is 1. The number of thiophene rings is 1. The maximum absolute atomic E-state index is 14.2. The summed E-state index contributed by atoms with van der Waals surface area (Å²) in [5.41, 5.74) is -1.91. The highest BCUT2D eigenvalue weighted by atomic mass is 32.1. The van der Waals surface area contributed by atoms with Gasteiger partial charge in [0.25, 0.3) is 5.56 Å². The molecule has 2 aliphatic rings. The van der Waals surface area contributed by atoms with Crippen LogP contribution in [0.2, 0.25) is 0 Å². The van der Waals surface area contributed by atoms with Crippen molar-refractivity contribution in [3.8, 4) is 16.5 Å². The fourth-order valence-corrected chi connectivity index (χ4v) is 7.47. The third-order valence-electron chi connectivity index (χ3n) is 8.57. The van der Waals surface area contributed by atoms with Gasteiger partial charge in [-0.15, -0.1) is 11.3 Å². The summed E-state index contributed by atoms with van der Waals surface area (Å²) in [4.78, 5) is 45.6. The van der Waals surface area contributed by atoms with Crippen LogP contribution < -0.4 is 16.0 Å². The van der Waals surface area contributed by atoms with E-state index in [-0.39, 0.29) is 18.0 Å². The second-order valence-electron chi connectivity index (χ2n) is 11.5. The van der Waals surface area contributed by atoms with Crippen molar-refractivity contribution in [2.75, 3.05) is 20.3 Å². The lowest BCUT2D eigenvalue weighted by Crippen LogP contribution is -2.52. The van der Waals surface area contributed by atoms with E-state index in [9.17, 15) is 19.5 Å². The Labute approximate surface area is 245 Å². The number of benzene rings is 1. The second kappa shape index (κ2) is 10.8. The topological polar surface area (TPSA) is 135 Å². The third kappa shape index (κ3) is 4.67. The van der Waals surface area contributed by atoms with Gasteiger partial charge in [-0.2, -0.15) is 0 Å². The van der Waals surface area contributed by atoms with Crippen LogP contribution in [0.1, 0.15) is 43.9 Å². The molecule has 3 aromatic heterocycles. The Morgan fingerprint density at radius 3 is 2.57 bits per heavy atom. The molecule has 2 fully saturated rings. The van der Waals surface area contributed by atoms with Crippen LogP contribution in [-0.4, -0.2) is 51.6 Å². The Morgan fingerprint density at radius 2 is 1.93 bits per heavy atom. The predicted molar refractivity (Wildman–Crippen MR) is 155 cm³/mol. The van der Waals surface area contributed by atoms with Gasteiger partial charge in [-0.1, -0.05) is 18.2 Å². The van der Waals surface area contributed by atoms with E-state index in [0.29, 0.717) is 38.7 Å². The van der Waals surface area contributed by atoms with Gasteiger partial charge in [0.15, 0.2) is 0 Å². The van der Waals surface area contributed by atoms with Crippen molar-refractivity contribution >= 4 is 27.5 Å². The standard InChI is InChI=1S/C30H33N3O8S/c1-16-23-26(34)33(30(2,3)28(35)36)29(37)32(27(23)42-24(16)25-31-9-10-40-25)13-22(20-7-5-6-8-21(20)38-4)41-19-11-17-14-39-15-18(17)12-19/h5-10,17-19,22H,11-15H2,1-4H3,(H,35,36)/t17-,18+,19?,22?. The number of carboxylic acids is 1. The molecule has 1 aliphatic carbocycles. The first-order valence-corrected chi connectivity index (χ1v) is 14.7. The number of aromatic nitrogens is 3. The van der Waals surface area contributed by atoms with Crippen LogP contribution in [0.3, 0.4) is 0 Å². The molecule has 1 aromatic carbocycles. The van der Waals surface area contributed by atoms with Crippen LogP contribution in [0.5, 0.6) is 5.75 Å². The number of rotatable bonds is 9. The molecule has 0 spiro atoms. The quantitative estimate of drug-likeness (QED) is 0.302. The van der Waals surface area contributed by atoms with Crippen molar-refractivity contribution in [1.29, 1.82) is 0 Å². The molecule has 2 unspecified atom stereocenters.